The van der Waals surface area contributed by atoms with Gasteiger partial charge < -0.3 is 5.32 Å². The summed E-state index contributed by atoms with van der Waals surface area (Å²) < 4.78 is 0. The second-order valence-corrected chi connectivity index (χ2v) is 4.92. The Morgan fingerprint density at radius 3 is 2.86 bits per heavy atom. The second kappa shape index (κ2) is 3.09. The first kappa shape index (κ1) is 9.71. The lowest BCUT2D eigenvalue weighted by Crippen LogP contribution is -2.36. The van der Waals surface area contributed by atoms with Crippen molar-refractivity contribution < 1.29 is 0 Å². The first-order valence-electron chi connectivity index (χ1n) is 5.27. The minimum Gasteiger partial charge on any atom is -0.312 e. The molecule has 0 spiro atoms. The zero-order valence-electron chi connectivity index (χ0n) is 9.44. The topological polar surface area (TPSA) is 40.7 Å². The van der Waals surface area contributed by atoms with E-state index in [0.717, 1.165) is 6.42 Å². The number of nitrogens with one attached hydrogen (secondary N) is 2. The Kier molecular flexibility index (Phi) is 2.14. The molecule has 0 saturated heterocycles. The standard InChI is InChI=1S/C11H19N3/c1-7-9-8(14-13-7)5-6-11(2,3)10(9)12-4/h10,12H,5-6H2,1-4H3,(H,13,14). The quantitative estimate of drug-likeness (QED) is 0.715. The molecule has 1 aromatic rings. The number of aryl methyl sites for hydroxylation is 2. The summed E-state index contributed by atoms with van der Waals surface area (Å²) >= 11 is 0. The lowest BCUT2D eigenvalue weighted by Gasteiger charge is -2.38. The maximum atomic E-state index is 4.36. The van der Waals surface area contributed by atoms with Crippen LogP contribution >= 0.6 is 0 Å². The Morgan fingerprint density at radius 2 is 2.21 bits per heavy atom. The van der Waals surface area contributed by atoms with E-state index in [9.17, 15) is 0 Å². The van der Waals surface area contributed by atoms with Gasteiger partial charge in [-0.15, -0.1) is 0 Å². The fourth-order valence-electron chi connectivity index (χ4n) is 2.57. The third kappa shape index (κ3) is 1.27. The molecule has 1 heterocycles. The highest BCUT2D eigenvalue weighted by Gasteiger charge is 2.37. The lowest BCUT2D eigenvalue weighted by molar-refractivity contribution is 0.218. The van der Waals surface area contributed by atoms with Crippen molar-refractivity contribution in [2.45, 2.75) is 39.7 Å². The predicted octanol–water partition coefficient (Wildman–Crippen LogP) is 1.95. The molecule has 3 nitrogen and oxygen atoms in total. The molecule has 0 bridgehead atoms. The summed E-state index contributed by atoms with van der Waals surface area (Å²) in [6.45, 7) is 6.75. The van der Waals surface area contributed by atoms with Crippen molar-refractivity contribution in [3.05, 3.63) is 17.0 Å². The Hall–Kier alpha value is -0.830. The summed E-state index contributed by atoms with van der Waals surface area (Å²) in [5.74, 6) is 0. The van der Waals surface area contributed by atoms with Crippen LogP contribution in [0.2, 0.25) is 0 Å². The number of hydrogen-bond donors (Lipinski definition) is 2. The zero-order chi connectivity index (χ0) is 10.3. The molecule has 0 fully saturated rings. The lowest BCUT2D eigenvalue weighted by atomic mass is 9.72. The summed E-state index contributed by atoms with van der Waals surface area (Å²) in [5, 5.41) is 10.9. The summed E-state index contributed by atoms with van der Waals surface area (Å²) in [7, 11) is 2.04. The maximum Gasteiger partial charge on any atom is 0.0673 e. The van der Waals surface area contributed by atoms with Crippen LogP contribution in [0.5, 0.6) is 0 Å². The van der Waals surface area contributed by atoms with E-state index in [1.807, 2.05) is 7.05 Å². The molecule has 1 unspecified atom stereocenters. The van der Waals surface area contributed by atoms with Crippen molar-refractivity contribution in [2.24, 2.45) is 5.41 Å². The van der Waals surface area contributed by atoms with Gasteiger partial charge in [0.2, 0.25) is 0 Å². The highest BCUT2D eigenvalue weighted by molar-refractivity contribution is 5.32. The molecule has 2 N–H and O–H groups in total. The van der Waals surface area contributed by atoms with Crippen molar-refractivity contribution in [2.75, 3.05) is 7.05 Å². The summed E-state index contributed by atoms with van der Waals surface area (Å²) in [6, 6.07) is 0.435. The molecule has 78 valence electrons. The van der Waals surface area contributed by atoms with Crippen molar-refractivity contribution in [3.8, 4) is 0 Å². The third-order valence-corrected chi connectivity index (χ3v) is 3.44. The van der Waals surface area contributed by atoms with E-state index < -0.39 is 0 Å². The van der Waals surface area contributed by atoms with Gasteiger partial charge in [-0.1, -0.05) is 13.8 Å². The molecule has 1 aliphatic carbocycles. The molecule has 1 atom stereocenters. The van der Waals surface area contributed by atoms with E-state index in [1.165, 1.54) is 23.4 Å². The fraction of sp³-hybridized carbons (Fsp3) is 0.727. The van der Waals surface area contributed by atoms with E-state index in [1.54, 1.807) is 0 Å². The Morgan fingerprint density at radius 1 is 1.50 bits per heavy atom. The minimum absolute atomic E-state index is 0.330. The van der Waals surface area contributed by atoms with E-state index >= 15 is 0 Å². The van der Waals surface area contributed by atoms with Crippen LogP contribution in [0.25, 0.3) is 0 Å². The van der Waals surface area contributed by atoms with Crippen LogP contribution < -0.4 is 5.32 Å². The van der Waals surface area contributed by atoms with Gasteiger partial charge in [0.1, 0.15) is 0 Å². The number of rotatable bonds is 1. The monoisotopic (exact) mass is 193 g/mol. The number of aromatic amines is 1. The van der Waals surface area contributed by atoms with E-state index in [2.05, 4.69) is 36.3 Å². The van der Waals surface area contributed by atoms with E-state index in [0.29, 0.717) is 11.5 Å². The number of aromatic nitrogens is 2. The van der Waals surface area contributed by atoms with Crippen LogP contribution in [0.3, 0.4) is 0 Å². The Bertz CT molecular complexity index is 338. The van der Waals surface area contributed by atoms with Crippen LogP contribution in [0.1, 0.15) is 43.3 Å². The van der Waals surface area contributed by atoms with Gasteiger partial charge in [-0.3, -0.25) is 5.10 Å². The summed E-state index contributed by atoms with van der Waals surface area (Å²) in [4.78, 5) is 0. The second-order valence-electron chi connectivity index (χ2n) is 4.92. The van der Waals surface area contributed by atoms with Crippen molar-refractivity contribution >= 4 is 0 Å². The Balaban J connectivity index is 2.48. The molecule has 0 saturated carbocycles. The largest absolute Gasteiger partial charge is 0.312 e. The van der Waals surface area contributed by atoms with Gasteiger partial charge in [-0.05, 0) is 32.2 Å². The fourth-order valence-corrected chi connectivity index (χ4v) is 2.57. The molecule has 0 aliphatic heterocycles. The molecule has 2 rings (SSSR count). The summed E-state index contributed by atoms with van der Waals surface area (Å²) in [5.41, 5.74) is 4.19. The van der Waals surface area contributed by atoms with Gasteiger partial charge >= 0.3 is 0 Å². The molecule has 0 aromatic carbocycles. The van der Waals surface area contributed by atoms with E-state index in [-0.39, 0.29) is 0 Å². The molecule has 14 heavy (non-hydrogen) atoms. The SMILES string of the molecule is CNC1c2c(n[nH]c2C)CCC1(C)C. The van der Waals surface area contributed by atoms with E-state index in [4.69, 9.17) is 0 Å². The van der Waals surface area contributed by atoms with Crippen LogP contribution in [0, 0.1) is 12.3 Å². The third-order valence-electron chi connectivity index (χ3n) is 3.44. The number of nitrogens with zero attached hydrogens (tertiary/aromatic N) is 1. The molecule has 1 aromatic heterocycles. The van der Waals surface area contributed by atoms with Gasteiger partial charge in [0.15, 0.2) is 0 Å². The van der Waals surface area contributed by atoms with Crippen molar-refractivity contribution in [1.82, 2.24) is 15.5 Å². The number of fused-ring (bicyclic) bond motifs is 1. The summed E-state index contributed by atoms with van der Waals surface area (Å²) in [6.07, 6.45) is 2.31. The van der Waals surface area contributed by atoms with Crippen molar-refractivity contribution in [1.29, 1.82) is 0 Å². The van der Waals surface area contributed by atoms with Gasteiger partial charge in [-0.25, -0.2) is 0 Å². The molecule has 3 heteroatoms. The predicted molar refractivity (Wildman–Crippen MR) is 57.2 cm³/mol. The van der Waals surface area contributed by atoms with Gasteiger partial charge in [0, 0.05) is 17.3 Å². The van der Waals surface area contributed by atoms with Crippen LogP contribution in [-0.4, -0.2) is 17.2 Å². The highest BCUT2D eigenvalue weighted by atomic mass is 15.1. The van der Waals surface area contributed by atoms with Gasteiger partial charge in [0.05, 0.1) is 5.69 Å². The molecular formula is C11H19N3. The van der Waals surface area contributed by atoms with Gasteiger partial charge in [-0.2, -0.15) is 5.10 Å². The minimum atomic E-state index is 0.330. The Labute approximate surface area is 85.3 Å². The molecular weight excluding hydrogens is 174 g/mol. The van der Waals surface area contributed by atoms with Gasteiger partial charge in [0.25, 0.3) is 0 Å². The first-order valence-corrected chi connectivity index (χ1v) is 5.27. The molecule has 0 amide bonds. The number of hydrogen-bond acceptors (Lipinski definition) is 2. The van der Waals surface area contributed by atoms with Crippen LogP contribution in [0.4, 0.5) is 0 Å². The average molecular weight is 193 g/mol. The smallest absolute Gasteiger partial charge is 0.0673 e. The van der Waals surface area contributed by atoms with Crippen LogP contribution in [-0.2, 0) is 6.42 Å². The maximum absolute atomic E-state index is 4.36. The zero-order valence-corrected chi connectivity index (χ0v) is 9.44. The average Bonchev–Trinajstić information content (AvgIpc) is 2.47. The molecule has 1 aliphatic rings. The molecule has 0 radical (unpaired) electrons. The number of H-pyrrole nitrogens is 1. The normalized spacial score (nSPS) is 24.7. The van der Waals surface area contributed by atoms with Crippen LogP contribution in [0.15, 0.2) is 0 Å². The van der Waals surface area contributed by atoms with Crippen molar-refractivity contribution in [3.63, 3.8) is 0 Å². The first-order chi connectivity index (χ1) is 6.56. The highest BCUT2D eigenvalue weighted by Crippen LogP contribution is 2.43.